The average molecular weight is 360 g/mol. The van der Waals surface area contributed by atoms with Crippen LogP contribution in [0.15, 0.2) is 59.7 Å². The van der Waals surface area contributed by atoms with Gasteiger partial charge in [0, 0.05) is 41.7 Å². The maximum absolute atomic E-state index is 13.7. The van der Waals surface area contributed by atoms with Crippen molar-refractivity contribution in [2.75, 3.05) is 10.6 Å². The molecule has 27 heavy (non-hydrogen) atoms. The van der Waals surface area contributed by atoms with Crippen LogP contribution >= 0.6 is 0 Å². The van der Waals surface area contributed by atoms with Gasteiger partial charge in [0.05, 0.1) is 6.54 Å². The van der Waals surface area contributed by atoms with E-state index in [9.17, 15) is 4.39 Å². The second kappa shape index (κ2) is 6.05. The smallest absolute Gasteiger partial charge is 0.134 e. The number of benzene rings is 2. The van der Waals surface area contributed by atoms with Crippen LogP contribution < -0.4 is 10.6 Å². The minimum atomic E-state index is -1.04. The van der Waals surface area contributed by atoms with E-state index in [1.807, 2.05) is 24.3 Å². The second-order valence-corrected chi connectivity index (χ2v) is 7.71. The van der Waals surface area contributed by atoms with Crippen molar-refractivity contribution in [3.63, 3.8) is 0 Å². The molecule has 5 heteroatoms. The van der Waals surface area contributed by atoms with Gasteiger partial charge >= 0.3 is 0 Å². The van der Waals surface area contributed by atoms with Crippen molar-refractivity contribution in [1.82, 2.24) is 4.98 Å². The summed E-state index contributed by atoms with van der Waals surface area (Å²) >= 11 is 0. The molecule has 136 valence electrons. The number of aliphatic imine (C=N–C) groups is 1. The third-order valence-corrected chi connectivity index (χ3v) is 5.39. The average Bonchev–Trinajstić information content (AvgIpc) is 3.03. The number of nitrogens with zero attached hydrogens (tertiary/aromatic N) is 2. The number of hydrogen-bond donors (Lipinski definition) is 2. The van der Waals surface area contributed by atoms with E-state index in [1.165, 1.54) is 5.56 Å². The van der Waals surface area contributed by atoms with Gasteiger partial charge in [0.1, 0.15) is 17.3 Å². The first-order valence-corrected chi connectivity index (χ1v) is 9.31. The van der Waals surface area contributed by atoms with E-state index in [0.29, 0.717) is 12.8 Å². The number of aromatic nitrogens is 1. The summed E-state index contributed by atoms with van der Waals surface area (Å²) in [4.78, 5) is 9.07. The number of alkyl halides is 1. The highest BCUT2D eigenvalue weighted by atomic mass is 19.1. The minimum absolute atomic E-state index is 0.153. The normalized spacial score (nSPS) is 23.5. The number of hydrogen-bond acceptors (Lipinski definition) is 4. The number of halogens is 1. The summed E-state index contributed by atoms with van der Waals surface area (Å²) in [6.07, 6.45) is 2.86. The maximum atomic E-state index is 13.7. The van der Waals surface area contributed by atoms with E-state index >= 15 is 0 Å². The highest BCUT2D eigenvalue weighted by molar-refractivity contribution is 6.11. The molecule has 3 aromatic rings. The van der Waals surface area contributed by atoms with Gasteiger partial charge in [0.2, 0.25) is 0 Å². The zero-order chi connectivity index (χ0) is 18.4. The number of rotatable bonds is 3. The Morgan fingerprint density at radius 1 is 1.11 bits per heavy atom. The quantitative estimate of drug-likeness (QED) is 0.698. The number of amidine groups is 1. The van der Waals surface area contributed by atoms with Crippen LogP contribution in [0.25, 0.3) is 10.8 Å². The highest BCUT2D eigenvalue weighted by Crippen LogP contribution is 2.38. The van der Waals surface area contributed by atoms with Crippen molar-refractivity contribution in [2.24, 2.45) is 4.99 Å². The predicted octanol–water partition coefficient (Wildman–Crippen LogP) is 4.91. The Labute approximate surface area is 157 Å². The van der Waals surface area contributed by atoms with Crippen molar-refractivity contribution < 1.29 is 4.39 Å². The van der Waals surface area contributed by atoms with Crippen LogP contribution in [0.4, 0.5) is 15.9 Å². The SMILES string of the molecule is CC1(F)CC(Nc2nccc3cc(NC4=NCc5ccccc54)ccc23)C1. The fraction of sp³-hybridized carbons (Fsp3) is 0.273. The maximum Gasteiger partial charge on any atom is 0.134 e. The highest BCUT2D eigenvalue weighted by Gasteiger charge is 2.40. The molecule has 2 N–H and O–H groups in total. The number of pyridine rings is 1. The van der Waals surface area contributed by atoms with Gasteiger partial charge in [-0.15, -0.1) is 0 Å². The molecule has 1 aliphatic heterocycles. The zero-order valence-corrected chi connectivity index (χ0v) is 15.2. The summed E-state index contributed by atoms with van der Waals surface area (Å²) in [5.41, 5.74) is 2.36. The third kappa shape index (κ3) is 3.03. The van der Waals surface area contributed by atoms with Crippen molar-refractivity contribution in [3.05, 3.63) is 65.9 Å². The van der Waals surface area contributed by atoms with Gasteiger partial charge in [-0.3, -0.25) is 4.99 Å². The number of fused-ring (bicyclic) bond motifs is 2. The Morgan fingerprint density at radius 2 is 1.96 bits per heavy atom. The van der Waals surface area contributed by atoms with Crippen LogP contribution in [0.3, 0.4) is 0 Å². The molecule has 0 spiro atoms. The van der Waals surface area contributed by atoms with Crippen LogP contribution in [0.5, 0.6) is 0 Å². The fourth-order valence-corrected chi connectivity index (χ4v) is 4.02. The monoisotopic (exact) mass is 360 g/mol. The Hall–Kier alpha value is -2.95. The second-order valence-electron chi connectivity index (χ2n) is 7.71. The Morgan fingerprint density at radius 3 is 2.81 bits per heavy atom. The molecular formula is C22H21FN4. The van der Waals surface area contributed by atoms with Crippen LogP contribution in [0.1, 0.15) is 30.9 Å². The first kappa shape index (κ1) is 16.2. The molecule has 0 radical (unpaired) electrons. The molecule has 0 unspecified atom stereocenters. The third-order valence-electron chi connectivity index (χ3n) is 5.39. The van der Waals surface area contributed by atoms with Gasteiger partial charge in [-0.25, -0.2) is 9.37 Å². The van der Waals surface area contributed by atoms with Gasteiger partial charge in [-0.1, -0.05) is 24.3 Å². The molecule has 4 nitrogen and oxygen atoms in total. The summed E-state index contributed by atoms with van der Waals surface area (Å²) in [5, 5.41) is 8.96. The lowest BCUT2D eigenvalue weighted by Crippen LogP contribution is -2.45. The van der Waals surface area contributed by atoms with Crippen LogP contribution in [-0.4, -0.2) is 22.5 Å². The predicted molar refractivity (Wildman–Crippen MR) is 108 cm³/mol. The van der Waals surface area contributed by atoms with E-state index in [2.05, 4.69) is 44.9 Å². The first-order chi connectivity index (χ1) is 13.1. The summed E-state index contributed by atoms with van der Waals surface area (Å²) in [6, 6.07) is 16.6. The van der Waals surface area contributed by atoms with E-state index < -0.39 is 5.67 Å². The lowest BCUT2D eigenvalue weighted by molar-refractivity contribution is 0.0722. The summed E-state index contributed by atoms with van der Waals surface area (Å²) in [6.45, 7) is 2.38. The van der Waals surface area contributed by atoms with E-state index in [-0.39, 0.29) is 6.04 Å². The first-order valence-electron chi connectivity index (χ1n) is 9.31. The molecule has 0 bridgehead atoms. The molecule has 1 aliphatic carbocycles. The Bertz CT molecular complexity index is 1050. The molecule has 1 aromatic heterocycles. The molecule has 1 saturated carbocycles. The van der Waals surface area contributed by atoms with Gasteiger partial charge in [0.15, 0.2) is 0 Å². The molecule has 0 saturated heterocycles. The van der Waals surface area contributed by atoms with Crippen molar-refractivity contribution in [1.29, 1.82) is 0 Å². The lowest BCUT2D eigenvalue weighted by atomic mass is 9.79. The Balaban J connectivity index is 1.39. The van der Waals surface area contributed by atoms with Gasteiger partial charge in [-0.05, 0) is 42.1 Å². The number of nitrogens with one attached hydrogen (secondary N) is 2. The molecule has 0 atom stereocenters. The van der Waals surface area contributed by atoms with E-state index in [1.54, 1.807) is 13.1 Å². The van der Waals surface area contributed by atoms with Gasteiger partial charge in [-0.2, -0.15) is 0 Å². The lowest BCUT2D eigenvalue weighted by Gasteiger charge is -2.39. The molecule has 5 rings (SSSR count). The summed E-state index contributed by atoms with van der Waals surface area (Å²) in [7, 11) is 0. The van der Waals surface area contributed by atoms with Crippen molar-refractivity contribution >= 4 is 28.1 Å². The van der Waals surface area contributed by atoms with Crippen LogP contribution in [0, 0.1) is 0 Å². The summed E-state index contributed by atoms with van der Waals surface area (Å²) in [5.74, 6) is 1.73. The van der Waals surface area contributed by atoms with Crippen LogP contribution in [0.2, 0.25) is 0 Å². The van der Waals surface area contributed by atoms with E-state index in [4.69, 9.17) is 0 Å². The molecule has 0 amide bonds. The van der Waals surface area contributed by atoms with Gasteiger partial charge < -0.3 is 10.6 Å². The molecule has 2 heterocycles. The topological polar surface area (TPSA) is 49.3 Å². The molecular weight excluding hydrogens is 339 g/mol. The van der Waals surface area contributed by atoms with Gasteiger partial charge in [0.25, 0.3) is 0 Å². The summed E-state index contributed by atoms with van der Waals surface area (Å²) < 4.78 is 13.7. The number of anilines is 2. The fourth-order valence-electron chi connectivity index (χ4n) is 4.02. The Kier molecular flexibility index (Phi) is 3.64. The molecule has 1 fully saturated rings. The molecule has 2 aromatic carbocycles. The van der Waals surface area contributed by atoms with Crippen molar-refractivity contribution in [3.8, 4) is 0 Å². The minimum Gasteiger partial charge on any atom is -0.367 e. The van der Waals surface area contributed by atoms with Crippen LogP contribution in [-0.2, 0) is 6.54 Å². The van der Waals surface area contributed by atoms with Crippen molar-refractivity contribution in [2.45, 2.75) is 38.0 Å². The zero-order valence-electron chi connectivity index (χ0n) is 15.2. The van der Waals surface area contributed by atoms with E-state index in [0.717, 1.165) is 40.2 Å². The largest absolute Gasteiger partial charge is 0.367 e. The molecule has 2 aliphatic rings. The standard InChI is InChI=1S/C22H21FN4/c1-22(23)11-17(12-22)27-20-19-7-6-16(10-14(19)8-9-24-20)26-21-18-5-3-2-4-15(18)13-25-21/h2-10,17H,11-13H2,1H3,(H,24,27)(H,25,26).